The number of esters is 1. The molecule has 0 aliphatic heterocycles. The minimum Gasteiger partial charge on any atom is -0.508 e. The number of phenolic OH excluding ortho intramolecular Hbond substituents is 1. The van der Waals surface area contributed by atoms with E-state index in [1.54, 1.807) is 29.6 Å². The quantitative estimate of drug-likeness (QED) is 0.159. The lowest BCUT2D eigenvalue weighted by molar-refractivity contribution is -0.148. The van der Waals surface area contributed by atoms with Gasteiger partial charge in [-0.05, 0) is 42.3 Å². The highest BCUT2D eigenvalue weighted by Crippen LogP contribution is 2.21. The maximum Gasteiger partial charge on any atom is 0.311 e. The molecule has 0 bridgehead atoms. The lowest BCUT2D eigenvalue weighted by Gasteiger charge is -2.19. The standard InChI is InChI=1S/C29H30N4O4S/c30-29-33-24(19-38-29)17-27(35)32-23-12-10-20(11-13-23)14-15-31-18-26(21-6-2-1-3-7-21)37-28(36)16-22-8-4-5-9-25(22)34/h1-13,19,26,31,34H,14-18H2,(H2,30,33)(H,32,35). The molecule has 3 aromatic carbocycles. The van der Waals surface area contributed by atoms with Crippen molar-refractivity contribution in [2.24, 2.45) is 0 Å². The third kappa shape index (κ3) is 8.16. The van der Waals surface area contributed by atoms with Crippen molar-refractivity contribution in [2.75, 3.05) is 24.1 Å². The van der Waals surface area contributed by atoms with Gasteiger partial charge in [-0.1, -0.05) is 60.7 Å². The number of nitrogens with zero attached hydrogens (tertiary/aromatic N) is 1. The Morgan fingerprint density at radius 2 is 1.71 bits per heavy atom. The third-order valence-electron chi connectivity index (χ3n) is 5.84. The van der Waals surface area contributed by atoms with Crippen molar-refractivity contribution in [3.05, 3.63) is 107 Å². The lowest BCUT2D eigenvalue weighted by Crippen LogP contribution is -2.27. The number of nitrogens with two attached hydrogens (primary N) is 1. The Morgan fingerprint density at radius 3 is 2.42 bits per heavy atom. The van der Waals surface area contributed by atoms with Crippen molar-refractivity contribution < 1.29 is 19.4 Å². The molecule has 38 heavy (non-hydrogen) atoms. The largest absolute Gasteiger partial charge is 0.508 e. The van der Waals surface area contributed by atoms with Crippen LogP contribution in [0.3, 0.4) is 0 Å². The molecule has 0 saturated heterocycles. The van der Waals surface area contributed by atoms with E-state index in [0.717, 1.165) is 23.2 Å². The van der Waals surface area contributed by atoms with E-state index in [-0.39, 0.29) is 24.5 Å². The van der Waals surface area contributed by atoms with Crippen LogP contribution in [0.5, 0.6) is 5.75 Å². The summed E-state index contributed by atoms with van der Waals surface area (Å²) in [6.07, 6.45) is 0.482. The number of anilines is 2. The highest BCUT2D eigenvalue weighted by Gasteiger charge is 2.18. The normalized spacial score (nSPS) is 11.6. The van der Waals surface area contributed by atoms with E-state index in [0.29, 0.717) is 29.5 Å². The molecule has 0 fully saturated rings. The number of rotatable bonds is 12. The number of benzene rings is 3. The Balaban J connectivity index is 1.25. The first-order valence-electron chi connectivity index (χ1n) is 12.3. The maximum atomic E-state index is 12.6. The smallest absolute Gasteiger partial charge is 0.311 e. The molecule has 4 rings (SSSR count). The molecule has 8 nitrogen and oxygen atoms in total. The Kier molecular flexibility index (Phi) is 9.44. The van der Waals surface area contributed by atoms with Gasteiger partial charge in [-0.3, -0.25) is 9.59 Å². The van der Waals surface area contributed by atoms with Crippen LogP contribution in [0.2, 0.25) is 0 Å². The third-order valence-corrected chi connectivity index (χ3v) is 6.56. The molecule has 1 amide bonds. The number of hydrogen-bond donors (Lipinski definition) is 4. The zero-order chi connectivity index (χ0) is 26.7. The monoisotopic (exact) mass is 530 g/mol. The second kappa shape index (κ2) is 13.4. The number of aromatic nitrogens is 1. The van der Waals surface area contributed by atoms with Crippen LogP contribution in [0, 0.1) is 0 Å². The second-order valence-corrected chi connectivity index (χ2v) is 9.64. The fourth-order valence-corrected chi connectivity index (χ4v) is 4.47. The van der Waals surface area contributed by atoms with E-state index < -0.39 is 12.1 Å². The number of nitrogen functional groups attached to an aromatic ring is 1. The summed E-state index contributed by atoms with van der Waals surface area (Å²) >= 11 is 1.31. The molecule has 0 saturated carbocycles. The number of thiazole rings is 1. The van der Waals surface area contributed by atoms with Gasteiger partial charge < -0.3 is 26.2 Å². The average molecular weight is 531 g/mol. The van der Waals surface area contributed by atoms with Gasteiger partial charge in [-0.25, -0.2) is 4.98 Å². The number of phenols is 1. The summed E-state index contributed by atoms with van der Waals surface area (Å²) in [4.78, 5) is 28.9. The SMILES string of the molecule is Nc1nc(CC(=O)Nc2ccc(CCNCC(OC(=O)Cc3ccccc3O)c3ccccc3)cc2)cs1. The van der Waals surface area contributed by atoms with Crippen LogP contribution in [0.1, 0.15) is 28.5 Å². The van der Waals surface area contributed by atoms with Gasteiger partial charge in [-0.2, -0.15) is 0 Å². The van der Waals surface area contributed by atoms with Crippen molar-refractivity contribution >= 4 is 34.0 Å². The fraction of sp³-hybridized carbons (Fsp3) is 0.207. The van der Waals surface area contributed by atoms with Gasteiger partial charge in [0.05, 0.1) is 18.5 Å². The zero-order valence-electron chi connectivity index (χ0n) is 20.8. The van der Waals surface area contributed by atoms with Gasteiger partial charge in [0, 0.05) is 23.2 Å². The van der Waals surface area contributed by atoms with Crippen LogP contribution in [0.15, 0.2) is 84.2 Å². The topological polar surface area (TPSA) is 127 Å². The van der Waals surface area contributed by atoms with E-state index >= 15 is 0 Å². The van der Waals surface area contributed by atoms with Gasteiger partial charge >= 0.3 is 5.97 Å². The van der Waals surface area contributed by atoms with Gasteiger partial charge in [0.25, 0.3) is 0 Å². The molecular weight excluding hydrogens is 500 g/mol. The predicted octanol–water partition coefficient (Wildman–Crippen LogP) is 4.27. The van der Waals surface area contributed by atoms with Crippen LogP contribution in [-0.2, 0) is 33.6 Å². The predicted molar refractivity (Wildman–Crippen MR) is 149 cm³/mol. The highest BCUT2D eigenvalue weighted by atomic mass is 32.1. The Hall–Kier alpha value is -4.21. The molecule has 1 aromatic heterocycles. The Bertz CT molecular complexity index is 1340. The molecule has 1 atom stereocenters. The van der Waals surface area contributed by atoms with Crippen LogP contribution >= 0.6 is 11.3 Å². The van der Waals surface area contributed by atoms with Gasteiger partial charge in [-0.15, -0.1) is 11.3 Å². The van der Waals surface area contributed by atoms with Crippen molar-refractivity contribution in [3.8, 4) is 5.75 Å². The number of carbonyl (C=O) groups excluding carboxylic acids is 2. The van der Waals surface area contributed by atoms with E-state index in [4.69, 9.17) is 10.5 Å². The van der Waals surface area contributed by atoms with Crippen molar-refractivity contribution in [1.82, 2.24) is 10.3 Å². The number of amides is 1. The Labute approximate surface area is 225 Å². The molecule has 4 aromatic rings. The molecule has 0 aliphatic rings. The second-order valence-electron chi connectivity index (χ2n) is 8.75. The van der Waals surface area contributed by atoms with Crippen molar-refractivity contribution in [1.29, 1.82) is 0 Å². The van der Waals surface area contributed by atoms with E-state index in [1.165, 1.54) is 11.3 Å². The summed E-state index contributed by atoms with van der Waals surface area (Å²) < 4.78 is 5.78. The molecule has 196 valence electrons. The van der Waals surface area contributed by atoms with Gasteiger partial charge in [0.1, 0.15) is 11.9 Å². The first-order valence-corrected chi connectivity index (χ1v) is 13.1. The molecule has 0 radical (unpaired) electrons. The maximum absolute atomic E-state index is 12.6. The molecule has 0 aliphatic carbocycles. The number of para-hydroxylation sites is 1. The number of carbonyl (C=O) groups is 2. The van der Waals surface area contributed by atoms with Gasteiger partial charge in [0.15, 0.2) is 5.13 Å². The number of aromatic hydroxyl groups is 1. The molecule has 5 N–H and O–H groups in total. The Morgan fingerprint density at radius 1 is 0.974 bits per heavy atom. The molecular formula is C29H30N4O4S. The fourth-order valence-electron chi connectivity index (χ4n) is 3.91. The average Bonchev–Trinajstić information content (AvgIpc) is 3.32. The van der Waals surface area contributed by atoms with E-state index in [2.05, 4.69) is 15.6 Å². The number of ether oxygens (including phenoxy) is 1. The molecule has 0 spiro atoms. The lowest BCUT2D eigenvalue weighted by atomic mass is 10.1. The summed E-state index contributed by atoms with van der Waals surface area (Å²) in [5.41, 5.74) is 9.52. The van der Waals surface area contributed by atoms with Crippen LogP contribution < -0.4 is 16.4 Å². The van der Waals surface area contributed by atoms with Crippen LogP contribution in [0.25, 0.3) is 0 Å². The summed E-state index contributed by atoms with van der Waals surface area (Å²) in [5, 5.41) is 18.4. The molecule has 1 unspecified atom stereocenters. The molecule has 1 heterocycles. The summed E-state index contributed by atoms with van der Waals surface area (Å²) in [7, 11) is 0. The van der Waals surface area contributed by atoms with Crippen LogP contribution in [-0.4, -0.2) is 35.1 Å². The first-order chi connectivity index (χ1) is 18.5. The van der Waals surface area contributed by atoms with Crippen molar-refractivity contribution in [3.63, 3.8) is 0 Å². The minimum atomic E-state index is -0.458. The summed E-state index contributed by atoms with van der Waals surface area (Å²) in [6.45, 7) is 1.13. The van der Waals surface area contributed by atoms with E-state index in [9.17, 15) is 14.7 Å². The van der Waals surface area contributed by atoms with Crippen LogP contribution in [0.4, 0.5) is 10.8 Å². The number of hydrogen-bond acceptors (Lipinski definition) is 8. The van der Waals surface area contributed by atoms with Crippen molar-refractivity contribution in [2.45, 2.75) is 25.4 Å². The zero-order valence-corrected chi connectivity index (χ0v) is 21.6. The van der Waals surface area contributed by atoms with Gasteiger partial charge in [0.2, 0.25) is 5.91 Å². The van der Waals surface area contributed by atoms with E-state index in [1.807, 2.05) is 54.6 Å². The summed E-state index contributed by atoms with van der Waals surface area (Å²) in [5.74, 6) is -0.471. The summed E-state index contributed by atoms with van der Waals surface area (Å²) in [6, 6.07) is 24.0. The molecule has 9 heteroatoms. The minimum absolute atomic E-state index is 0.00325. The first kappa shape index (κ1) is 26.8. The number of nitrogens with one attached hydrogen (secondary N) is 2. The highest BCUT2D eigenvalue weighted by molar-refractivity contribution is 7.13.